The zero-order chi connectivity index (χ0) is 16.8. The smallest absolute Gasteiger partial charge is 0.320 e. The molecule has 0 aliphatic carbocycles. The molecule has 1 aliphatic rings. The Morgan fingerprint density at radius 1 is 1.33 bits per heavy atom. The Morgan fingerprint density at radius 3 is 2.96 bits per heavy atom. The second-order valence-corrected chi connectivity index (χ2v) is 6.03. The van der Waals surface area contributed by atoms with Gasteiger partial charge in [0, 0.05) is 25.3 Å². The van der Waals surface area contributed by atoms with E-state index in [1.54, 1.807) is 10.9 Å². The number of amides is 2. The number of hydrogen-bond donors (Lipinski definition) is 2. The van der Waals surface area contributed by atoms with Gasteiger partial charge in [0.25, 0.3) is 0 Å². The van der Waals surface area contributed by atoms with Gasteiger partial charge in [0.15, 0.2) is 0 Å². The van der Waals surface area contributed by atoms with E-state index in [1.807, 2.05) is 24.3 Å². The first-order valence-electron chi connectivity index (χ1n) is 8.52. The van der Waals surface area contributed by atoms with Gasteiger partial charge in [-0.05, 0) is 24.8 Å². The molecule has 3 rings (SSSR count). The minimum atomic E-state index is -0.188. The lowest BCUT2D eigenvalue weighted by molar-refractivity contribution is 0.00253. The Morgan fingerprint density at radius 2 is 2.17 bits per heavy atom. The Hall–Kier alpha value is -2.34. The van der Waals surface area contributed by atoms with Crippen LogP contribution in [-0.4, -0.2) is 28.5 Å². The van der Waals surface area contributed by atoms with Gasteiger partial charge in [-0.3, -0.25) is 5.32 Å². The number of nitrogens with one attached hydrogen (secondary N) is 2. The van der Waals surface area contributed by atoms with Crippen molar-refractivity contribution in [2.24, 2.45) is 0 Å². The van der Waals surface area contributed by atoms with Crippen LogP contribution in [0.5, 0.6) is 0 Å². The number of urea groups is 1. The third-order valence-electron chi connectivity index (χ3n) is 4.18. The highest BCUT2D eigenvalue weighted by atomic mass is 16.5. The van der Waals surface area contributed by atoms with E-state index in [-0.39, 0.29) is 18.2 Å². The van der Waals surface area contributed by atoms with Crippen LogP contribution >= 0.6 is 0 Å². The number of aromatic nitrogens is 2. The fraction of sp³-hybridized carbons (Fsp3) is 0.444. The van der Waals surface area contributed by atoms with Crippen molar-refractivity contribution in [3.05, 3.63) is 48.2 Å². The molecule has 1 saturated heterocycles. The van der Waals surface area contributed by atoms with Crippen LogP contribution in [0.2, 0.25) is 0 Å². The average Bonchev–Trinajstić information content (AvgIpc) is 3.03. The normalized spacial score (nSPS) is 20.5. The highest BCUT2D eigenvalue weighted by Crippen LogP contribution is 2.27. The number of rotatable bonds is 5. The maximum atomic E-state index is 12.3. The number of nitrogens with zero attached hydrogens (tertiary/aromatic N) is 2. The summed E-state index contributed by atoms with van der Waals surface area (Å²) in [5.41, 5.74) is 1.16. The van der Waals surface area contributed by atoms with Gasteiger partial charge < -0.3 is 10.1 Å². The molecular formula is C18H24N4O2. The molecule has 6 nitrogen and oxygen atoms in total. The molecule has 0 radical (unpaired) electrons. The first kappa shape index (κ1) is 16.5. The molecule has 1 aromatic carbocycles. The monoisotopic (exact) mass is 328 g/mol. The number of benzene rings is 1. The molecule has 1 aromatic heterocycles. The van der Waals surface area contributed by atoms with Crippen molar-refractivity contribution in [2.75, 3.05) is 11.9 Å². The third-order valence-corrected chi connectivity index (χ3v) is 4.18. The number of carbonyl (C=O) groups excluding carboxylic acids is 1. The van der Waals surface area contributed by atoms with E-state index in [2.05, 4.69) is 34.8 Å². The number of carbonyl (C=O) groups is 1. The number of hydrogen-bond acceptors (Lipinski definition) is 3. The molecule has 0 bridgehead atoms. The second-order valence-electron chi connectivity index (χ2n) is 6.03. The first-order valence-corrected chi connectivity index (χ1v) is 8.52. The summed E-state index contributed by atoms with van der Waals surface area (Å²) in [6, 6.07) is 11.9. The van der Waals surface area contributed by atoms with E-state index in [4.69, 9.17) is 4.74 Å². The fourth-order valence-electron chi connectivity index (χ4n) is 2.99. The molecule has 1 aliphatic heterocycles. The largest absolute Gasteiger partial charge is 0.373 e. The van der Waals surface area contributed by atoms with Crippen LogP contribution in [0.25, 0.3) is 0 Å². The van der Waals surface area contributed by atoms with E-state index in [0.717, 1.165) is 37.2 Å². The lowest BCUT2D eigenvalue weighted by Gasteiger charge is -2.30. The quantitative estimate of drug-likeness (QED) is 0.884. The van der Waals surface area contributed by atoms with Crippen molar-refractivity contribution < 1.29 is 9.53 Å². The van der Waals surface area contributed by atoms with Crippen molar-refractivity contribution >= 4 is 11.8 Å². The molecule has 24 heavy (non-hydrogen) atoms. The van der Waals surface area contributed by atoms with Crippen LogP contribution < -0.4 is 10.6 Å². The molecule has 128 valence electrons. The minimum Gasteiger partial charge on any atom is -0.373 e. The van der Waals surface area contributed by atoms with E-state index in [1.165, 1.54) is 0 Å². The molecule has 2 amide bonds. The summed E-state index contributed by atoms with van der Waals surface area (Å²) in [6.45, 7) is 3.52. The summed E-state index contributed by atoms with van der Waals surface area (Å²) in [4.78, 5) is 12.3. The van der Waals surface area contributed by atoms with Crippen molar-refractivity contribution in [3.63, 3.8) is 0 Å². The van der Waals surface area contributed by atoms with Crippen LogP contribution in [0.15, 0.2) is 42.6 Å². The zero-order valence-electron chi connectivity index (χ0n) is 13.9. The predicted octanol–water partition coefficient (Wildman–Crippen LogP) is 3.33. The topological polar surface area (TPSA) is 68.2 Å². The van der Waals surface area contributed by atoms with Gasteiger partial charge in [-0.2, -0.15) is 5.10 Å². The number of anilines is 1. The third kappa shape index (κ3) is 4.14. The van der Waals surface area contributed by atoms with Gasteiger partial charge in [0.1, 0.15) is 5.82 Å². The molecule has 2 N–H and O–H groups in total. The fourth-order valence-corrected chi connectivity index (χ4v) is 2.99. The SMILES string of the molecule is CCCn1nccc1NC(=O)N[C@H]1CCO[C@@H](c2ccccc2)C1. The molecule has 2 aromatic rings. The summed E-state index contributed by atoms with van der Waals surface area (Å²) in [7, 11) is 0. The zero-order valence-corrected chi connectivity index (χ0v) is 13.9. The van der Waals surface area contributed by atoms with Crippen LogP contribution in [0.1, 0.15) is 37.9 Å². The minimum absolute atomic E-state index is 0.0378. The van der Waals surface area contributed by atoms with Gasteiger partial charge in [0.05, 0.1) is 12.3 Å². The summed E-state index contributed by atoms with van der Waals surface area (Å²) in [5, 5.41) is 10.2. The van der Waals surface area contributed by atoms with Gasteiger partial charge in [0.2, 0.25) is 0 Å². The highest BCUT2D eigenvalue weighted by Gasteiger charge is 2.25. The Bertz CT molecular complexity index is 656. The van der Waals surface area contributed by atoms with E-state index in [0.29, 0.717) is 6.61 Å². The molecule has 1 fully saturated rings. The van der Waals surface area contributed by atoms with Crippen molar-refractivity contribution in [1.82, 2.24) is 15.1 Å². The molecule has 0 spiro atoms. The molecule has 0 unspecified atom stereocenters. The highest BCUT2D eigenvalue weighted by molar-refractivity contribution is 5.88. The van der Waals surface area contributed by atoms with Gasteiger partial charge in [-0.1, -0.05) is 37.3 Å². The van der Waals surface area contributed by atoms with Crippen molar-refractivity contribution in [1.29, 1.82) is 0 Å². The number of aryl methyl sites for hydroxylation is 1. The van der Waals surface area contributed by atoms with Gasteiger partial charge >= 0.3 is 6.03 Å². The van der Waals surface area contributed by atoms with E-state index in [9.17, 15) is 4.79 Å². The van der Waals surface area contributed by atoms with Crippen LogP contribution in [0, 0.1) is 0 Å². The molecule has 0 saturated carbocycles. The Balaban J connectivity index is 1.55. The predicted molar refractivity (Wildman–Crippen MR) is 92.8 cm³/mol. The lowest BCUT2D eigenvalue weighted by Crippen LogP contribution is -2.42. The maximum absolute atomic E-state index is 12.3. The first-order chi connectivity index (χ1) is 11.8. The molecule has 2 heterocycles. The number of ether oxygens (including phenoxy) is 1. The lowest BCUT2D eigenvalue weighted by atomic mass is 9.97. The Kier molecular flexibility index (Phi) is 5.48. The van der Waals surface area contributed by atoms with Gasteiger partial charge in [-0.15, -0.1) is 0 Å². The molecule has 2 atom stereocenters. The molecule has 6 heteroatoms. The Labute approximate surface area is 142 Å². The van der Waals surface area contributed by atoms with Crippen LogP contribution in [0.4, 0.5) is 10.6 Å². The summed E-state index contributed by atoms with van der Waals surface area (Å²) in [5.74, 6) is 0.723. The second kappa shape index (κ2) is 7.97. The van der Waals surface area contributed by atoms with E-state index >= 15 is 0 Å². The summed E-state index contributed by atoms with van der Waals surface area (Å²) < 4.78 is 7.65. The van der Waals surface area contributed by atoms with Crippen molar-refractivity contribution in [2.45, 2.75) is 44.9 Å². The van der Waals surface area contributed by atoms with Crippen LogP contribution in [0.3, 0.4) is 0 Å². The summed E-state index contributed by atoms with van der Waals surface area (Å²) >= 11 is 0. The maximum Gasteiger partial charge on any atom is 0.320 e. The standard InChI is InChI=1S/C18H24N4O2/c1-2-11-22-17(8-10-19-22)21-18(23)20-15-9-12-24-16(13-15)14-6-4-3-5-7-14/h3-8,10,15-16H,2,9,11-13H2,1H3,(H2,20,21,23)/t15-,16+/m0/s1. The van der Waals surface area contributed by atoms with Crippen LogP contribution in [-0.2, 0) is 11.3 Å². The van der Waals surface area contributed by atoms with E-state index < -0.39 is 0 Å². The summed E-state index contributed by atoms with van der Waals surface area (Å²) in [6.07, 6.45) is 4.31. The average molecular weight is 328 g/mol. The van der Waals surface area contributed by atoms with Crippen molar-refractivity contribution in [3.8, 4) is 0 Å². The van der Waals surface area contributed by atoms with Gasteiger partial charge in [-0.25, -0.2) is 9.48 Å². The molecular weight excluding hydrogens is 304 g/mol.